The standard InChI is InChI=1S/C20H21ClN4O3S/c1-20(2,3)13-5-8-15(9-6-13)29(27,28)23-17-10-7-14(21)11-16(17)19(26)18-12-22-24-25(18)4/h5-12,23H,1-4H3. The van der Waals surface area contributed by atoms with Gasteiger partial charge in [-0.15, -0.1) is 5.10 Å². The molecule has 29 heavy (non-hydrogen) atoms. The number of sulfonamides is 1. The number of hydrogen-bond donors (Lipinski definition) is 1. The van der Waals surface area contributed by atoms with Crippen LogP contribution in [-0.2, 0) is 22.5 Å². The van der Waals surface area contributed by atoms with Gasteiger partial charge in [0.2, 0.25) is 5.78 Å². The Kier molecular flexibility index (Phi) is 5.51. The highest BCUT2D eigenvalue weighted by molar-refractivity contribution is 7.92. The van der Waals surface area contributed by atoms with Crippen LogP contribution in [0, 0.1) is 0 Å². The summed E-state index contributed by atoms with van der Waals surface area (Å²) in [4.78, 5) is 13.0. The molecular formula is C20H21ClN4O3S. The average Bonchev–Trinajstić information content (AvgIpc) is 3.08. The minimum Gasteiger partial charge on any atom is -0.287 e. The van der Waals surface area contributed by atoms with Crippen molar-refractivity contribution in [3.63, 3.8) is 0 Å². The zero-order valence-electron chi connectivity index (χ0n) is 16.5. The van der Waals surface area contributed by atoms with E-state index >= 15 is 0 Å². The summed E-state index contributed by atoms with van der Waals surface area (Å²) in [6.45, 7) is 6.15. The predicted molar refractivity (Wildman–Crippen MR) is 112 cm³/mol. The molecule has 3 rings (SSSR count). The Balaban J connectivity index is 1.97. The van der Waals surface area contributed by atoms with E-state index in [0.29, 0.717) is 5.02 Å². The van der Waals surface area contributed by atoms with E-state index in [0.717, 1.165) is 5.56 Å². The monoisotopic (exact) mass is 432 g/mol. The summed E-state index contributed by atoms with van der Waals surface area (Å²) in [7, 11) is -2.33. The van der Waals surface area contributed by atoms with Gasteiger partial charge in [-0.05, 0) is 41.3 Å². The number of carbonyl (C=O) groups excluding carboxylic acids is 1. The molecule has 0 aliphatic carbocycles. The first-order valence-corrected chi connectivity index (χ1v) is 10.7. The fourth-order valence-electron chi connectivity index (χ4n) is 2.76. The van der Waals surface area contributed by atoms with Gasteiger partial charge >= 0.3 is 0 Å². The lowest BCUT2D eigenvalue weighted by Crippen LogP contribution is -2.17. The molecule has 0 atom stereocenters. The summed E-state index contributed by atoms with van der Waals surface area (Å²) in [6.07, 6.45) is 1.31. The Morgan fingerprint density at radius 3 is 2.31 bits per heavy atom. The summed E-state index contributed by atoms with van der Waals surface area (Å²) in [5, 5.41) is 7.74. The van der Waals surface area contributed by atoms with Crippen LogP contribution in [0.3, 0.4) is 0 Å². The number of rotatable bonds is 5. The van der Waals surface area contributed by atoms with Gasteiger partial charge in [-0.1, -0.05) is 49.7 Å². The van der Waals surface area contributed by atoms with Crippen molar-refractivity contribution < 1.29 is 13.2 Å². The fraction of sp³-hybridized carbons (Fsp3) is 0.250. The second-order valence-electron chi connectivity index (χ2n) is 7.64. The molecule has 3 aromatic rings. The SMILES string of the molecule is Cn1nncc1C(=O)c1cc(Cl)ccc1NS(=O)(=O)c1ccc(C(C)(C)C)cc1. The van der Waals surface area contributed by atoms with Gasteiger partial charge in [0.15, 0.2) is 0 Å². The Hall–Kier alpha value is -2.71. The summed E-state index contributed by atoms with van der Waals surface area (Å²) < 4.78 is 29.6. The van der Waals surface area contributed by atoms with E-state index in [9.17, 15) is 13.2 Å². The number of aromatic nitrogens is 3. The number of anilines is 1. The van der Waals surface area contributed by atoms with Crippen LogP contribution < -0.4 is 4.72 Å². The third-order valence-corrected chi connectivity index (χ3v) is 6.06. The second-order valence-corrected chi connectivity index (χ2v) is 9.76. The molecule has 0 spiro atoms. The number of carbonyl (C=O) groups is 1. The molecule has 9 heteroatoms. The maximum atomic E-state index is 12.9. The molecule has 152 valence electrons. The van der Waals surface area contributed by atoms with Crippen LogP contribution in [0.25, 0.3) is 0 Å². The second kappa shape index (κ2) is 7.61. The predicted octanol–water partition coefficient (Wildman–Crippen LogP) is 3.80. The van der Waals surface area contributed by atoms with Crippen LogP contribution in [-0.4, -0.2) is 29.2 Å². The van der Waals surface area contributed by atoms with E-state index in [2.05, 4.69) is 15.0 Å². The van der Waals surface area contributed by atoms with Crippen LogP contribution in [0.4, 0.5) is 5.69 Å². The lowest BCUT2D eigenvalue weighted by molar-refractivity contribution is 0.103. The number of aryl methyl sites for hydroxylation is 1. The van der Waals surface area contributed by atoms with Gasteiger partial charge in [-0.3, -0.25) is 9.52 Å². The van der Waals surface area contributed by atoms with Crippen LogP contribution in [0.2, 0.25) is 5.02 Å². The molecule has 1 heterocycles. The lowest BCUT2D eigenvalue weighted by Gasteiger charge is -2.19. The van der Waals surface area contributed by atoms with Crippen molar-refractivity contribution in [3.8, 4) is 0 Å². The van der Waals surface area contributed by atoms with E-state index in [1.165, 1.54) is 29.1 Å². The van der Waals surface area contributed by atoms with Crippen LogP contribution in [0.15, 0.2) is 53.6 Å². The molecule has 2 aromatic carbocycles. The zero-order valence-corrected chi connectivity index (χ0v) is 18.0. The Morgan fingerprint density at radius 2 is 1.76 bits per heavy atom. The topological polar surface area (TPSA) is 93.9 Å². The third kappa shape index (κ3) is 4.49. The summed E-state index contributed by atoms with van der Waals surface area (Å²) in [5.74, 6) is -0.444. The molecule has 0 saturated carbocycles. The molecule has 0 amide bonds. The highest BCUT2D eigenvalue weighted by Gasteiger charge is 2.23. The van der Waals surface area contributed by atoms with E-state index in [1.807, 2.05) is 20.8 Å². The molecule has 0 radical (unpaired) electrons. The number of nitrogens with zero attached hydrogens (tertiary/aromatic N) is 3. The molecule has 0 saturated heterocycles. The summed E-state index contributed by atoms with van der Waals surface area (Å²) in [6, 6.07) is 11.0. The van der Waals surface area contributed by atoms with Gasteiger partial charge in [0.1, 0.15) is 5.69 Å². The van der Waals surface area contributed by atoms with Crippen LogP contribution in [0.5, 0.6) is 0 Å². The highest BCUT2D eigenvalue weighted by atomic mass is 35.5. The van der Waals surface area contributed by atoms with Gasteiger partial charge < -0.3 is 0 Å². The Labute approximate surface area is 174 Å². The summed E-state index contributed by atoms with van der Waals surface area (Å²) >= 11 is 6.04. The van der Waals surface area contributed by atoms with Crippen molar-refractivity contribution in [2.75, 3.05) is 4.72 Å². The van der Waals surface area contributed by atoms with Crippen molar-refractivity contribution in [2.24, 2.45) is 7.05 Å². The first kappa shape index (κ1) is 21.0. The maximum Gasteiger partial charge on any atom is 0.261 e. The fourth-order valence-corrected chi connectivity index (χ4v) is 4.02. The zero-order chi connectivity index (χ0) is 21.4. The molecule has 1 N–H and O–H groups in total. The smallest absolute Gasteiger partial charge is 0.261 e. The minimum absolute atomic E-state index is 0.0946. The van der Waals surface area contributed by atoms with E-state index < -0.39 is 15.8 Å². The number of hydrogen-bond acceptors (Lipinski definition) is 5. The molecule has 0 unspecified atom stereocenters. The van der Waals surface area contributed by atoms with Gasteiger partial charge in [0.25, 0.3) is 10.0 Å². The first-order chi connectivity index (χ1) is 13.5. The largest absolute Gasteiger partial charge is 0.287 e. The van der Waals surface area contributed by atoms with E-state index in [4.69, 9.17) is 11.6 Å². The molecule has 0 aliphatic rings. The van der Waals surface area contributed by atoms with Gasteiger partial charge in [0.05, 0.1) is 16.8 Å². The number of nitrogens with one attached hydrogen (secondary N) is 1. The molecule has 7 nitrogen and oxygen atoms in total. The first-order valence-electron chi connectivity index (χ1n) is 8.81. The average molecular weight is 433 g/mol. The highest BCUT2D eigenvalue weighted by Crippen LogP contribution is 2.27. The molecule has 0 aliphatic heterocycles. The molecule has 0 fully saturated rings. The van der Waals surface area contributed by atoms with Gasteiger partial charge in [-0.25, -0.2) is 13.1 Å². The van der Waals surface area contributed by atoms with Crippen molar-refractivity contribution in [1.29, 1.82) is 0 Å². The quantitative estimate of drug-likeness (QED) is 0.619. The summed E-state index contributed by atoms with van der Waals surface area (Å²) in [5.41, 5.74) is 1.37. The Morgan fingerprint density at radius 1 is 1.10 bits per heavy atom. The van der Waals surface area contributed by atoms with Crippen LogP contribution >= 0.6 is 11.6 Å². The van der Waals surface area contributed by atoms with E-state index in [-0.39, 0.29) is 27.3 Å². The minimum atomic E-state index is -3.91. The maximum absolute atomic E-state index is 12.9. The molecular weight excluding hydrogens is 412 g/mol. The number of ketones is 1. The van der Waals surface area contributed by atoms with Crippen LogP contribution in [0.1, 0.15) is 42.4 Å². The normalized spacial score (nSPS) is 12.0. The third-order valence-electron chi connectivity index (χ3n) is 4.45. The van der Waals surface area contributed by atoms with Crippen molar-refractivity contribution in [1.82, 2.24) is 15.0 Å². The number of benzene rings is 2. The van der Waals surface area contributed by atoms with E-state index in [1.54, 1.807) is 31.3 Å². The van der Waals surface area contributed by atoms with Crippen molar-refractivity contribution >= 4 is 33.1 Å². The molecule has 0 bridgehead atoms. The Bertz CT molecular complexity index is 1160. The van der Waals surface area contributed by atoms with Crippen molar-refractivity contribution in [2.45, 2.75) is 31.1 Å². The van der Waals surface area contributed by atoms with Gasteiger partial charge in [0, 0.05) is 17.6 Å². The lowest BCUT2D eigenvalue weighted by atomic mass is 9.87. The van der Waals surface area contributed by atoms with Gasteiger partial charge in [-0.2, -0.15) is 0 Å². The number of halogens is 1. The molecule has 1 aromatic heterocycles. The van der Waals surface area contributed by atoms with Crippen molar-refractivity contribution in [3.05, 3.63) is 70.5 Å².